The molecule has 0 bridgehead atoms. The van der Waals surface area contributed by atoms with Crippen molar-refractivity contribution in [2.75, 3.05) is 0 Å². The van der Waals surface area contributed by atoms with Gasteiger partial charge in [0.1, 0.15) is 6.10 Å². The zero-order chi connectivity index (χ0) is 24.8. The van der Waals surface area contributed by atoms with Crippen molar-refractivity contribution in [1.82, 2.24) is 0 Å². The summed E-state index contributed by atoms with van der Waals surface area (Å²) in [6.07, 6.45) is -0.600. The highest BCUT2D eigenvalue weighted by atomic mass is 16.5. The Labute approximate surface area is 204 Å². The van der Waals surface area contributed by atoms with E-state index in [1.165, 1.54) is 0 Å². The first-order valence-corrected chi connectivity index (χ1v) is 11.9. The fourth-order valence-electron chi connectivity index (χ4n) is 5.02. The molecule has 35 heavy (non-hydrogen) atoms. The first-order valence-electron chi connectivity index (χ1n) is 11.9. The molecule has 0 aliphatic heterocycles. The van der Waals surface area contributed by atoms with Crippen LogP contribution in [0.15, 0.2) is 84.9 Å². The van der Waals surface area contributed by atoms with E-state index in [9.17, 15) is 24.9 Å². The van der Waals surface area contributed by atoms with Gasteiger partial charge in [0, 0.05) is 5.92 Å². The smallest absolute Gasteiger partial charge is 0.338 e. The Morgan fingerprint density at radius 3 is 2.14 bits per heavy atom. The molecule has 0 amide bonds. The number of aliphatic carboxylic acids is 1. The normalized spacial score (nSPS) is 22.5. The van der Waals surface area contributed by atoms with E-state index < -0.39 is 42.1 Å². The van der Waals surface area contributed by atoms with Gasteiger partial charge in [-0.05, 0) is 54.5 Å². The van der Waals surface area contributed by atoms with Gasteiger partial charge in [0.15, 0.2) is 0 Å². The lowest BCUT2D eigenvalue weighted by Crippen LogP contribution is -2.40. The molecule has 3 aromatic rings. The van der Waals surface area contributed by atoms with Crippen LogP contribution in [0.3, 0.4) is 0 Å². The van der Waals surface area contributed by atoms with Crippen LogP contribution in [0.4, 0.5) is 0 Å². The van der Waals surface area contributed by atoms with Crippen molar-refractivity contribution in [3.63, 3.8) is 0 Å². The van der Waals surface area contributed by atoms with Crippen molar-refractivity contribution in [1.29, 1.82) is 0 Å². The lowest BCUT2D eigenvalue weighted by molar-refractivity contribution is -0.145. The molecule has 0 saturated heterocycles. The molecule has 4 rings (SSSR count). The monoisotopic (exact) mass is 474 g/mol. The fourth-order valence-corrected chi connectivity index (χ4v) is 5.02. The van der Waals surface area contributed by atoms with Crippen molar-refractivity contribution in [2.24, 2.45) is 5.92 Å². The third-order valence-electron chi connectivity index (χ3n) is 6.88. The van der Waals surface area contributed by atoms with Gasteiger partial charge >= 0.3 is 11.9 Å². The van der Waals surface area contributed by atoms with Gasteiger partial charge in [0.2, 0.25) is 0 Å². The summed E-state index contributed by atoms with van der Waals surface area (Å²) < 4.78 is 5.80. The second kappa shape index (κ2) is 10.8. The number of benzene rings is 3. The summed E-state index contributed by atoms with van der Waals surface area (Å²) in [5.74, 6) is -2.21. The lowest BCUT2D eigenvalue weighted by atomic mass is 9.82. The quantitative estimate of drug-likeness (QED) is 0.377. The maximum Gasteiger partial charge on any atom is 0.338 e. The second-order valence-corrected chi connectivity index (χ2v) is 9.21. The Balaban J connectivity index is 1.46. The molecule has 6 heteroatoms. The first kappa shape index (κ1) is 24.6. The summed E-state index contributed by atoms with van der Waals surface area (Å²) in [7, 11) is 0. The summed E-state index contributed by atoms with van der Waals surface area (Å²) in [5, 5.41) is 31.1. The van der Waals surface area contributed by atoms with Crippen LogP contribution in [0.5, 0.6) is 0 Å². The summed E-state index contributed by atoms with van der Waals surface area (Å²) in [6, 6.07) is 26.1. The minimum atomic E-state index is -1.50. The van der Waals surface area contributed by atoms with Crippen LogP contribution in [-0.2, 0) is 9.53 Å². The van der Waals surface area contributed by atoms with E-state index in [0.717, 1.165) is 16.7 Å². The van der Waals surface area contributed by atoms with Crippen molar-refractivity contribution in [3.05, 3.63) is 96.1 Å². The highest BCUT2D eigenvalue weighted by molar-refractivity contribution is 5.90. The lowest BCUT2D eigenvalue weighted by Gasteiger charge is -2.32. The zero-order valence-electron chi connectivity index (χ0n) is 19.4. The van der Waals surface area contributed by atoms with Gasteiger partial charge < -0.3 is 20.1 Å². The number of carboxylic acids is 1. The number of ether oxygens (including phenoxy) is 1. The highest BCUT2D eigenvalue weighted by Crippen LogP contribution is 2.44. The zero-order valence-corrected chi connectivity index (χ0v) is 19.4. The van der Waals surface area contributed by atoms with Gasteiger partial charge in [0.05, 0.1) is 23.7 Å². The SMILES string of the molecule is O=C(O)C[C@]1(O)CC[C@H](OC(=O)c2ccc(-c3ccccc3)cc2)[C@H]1CCC(O)c1ccccc1. The first-order chi connectivity index (χ1) is 16.9. The highest BCUT2D eigenvalue weighted by Gasteiger charge is 2.50. The molecule has 0 radical (unpaired) electrons. The molecule has 1 aliphatic rings. The van der Waals surface area contributed by atoms with E-state index in [4.69, 9.17) is 4.74 Å². The van der Waals surface area contributed by atoms with E-state index >= 15 is 0 Å². The van der Waals surface area contributed by atoms with E-state index in [1.54, 1.807) is 12.1 Å². The molecular formula is C29H30O6. The van der Waals surface area contributed by atoms with Crippen LogP contribution in [0.25, 0.3) is 11.1 Å². The molecule has 1 unspecified atom stereocenters. The van der Waals surface area contributed by atoms with Gasteiger partial charge in [-0.1, -0.05) is 72.8 Å². The number of carbonyl (C=O) groups is 2. The molecule has 182 valence electrons. The Hall–Kier alpha value is -3.48. The standard InChI is InChI=1S/C29H30O6/c30-25(22-9-5-2-6-10-22)16-15-24-26(17-18-29(24,34)19-27(31)32)35-28(33)23-13-11-21(12-14-23)20-7-3-1-4-8-20/h1-14,24-26,30,34H,15-19H2,(H,31,32)/t24-,25?,26+,29-/m1/s1. The maximum absolute atomic E-state index is 12.9. The van der Waals surface area contributed by atoms with Crippen LogP contribution < -0.4 is 0 Å². The topological polar surface area (TPSA) is 104 Å². The predicted molar refractivity (Wildman–Crippen MR) is 132 cm³/mol. The molecule has 1 fully saturated rings. The number of aliphatic hydroxyl groups is 2. The number of aliphatic hydroxyl groups excluding tert-OH is 1. The second-order valence-electron chi connectivity index (χ2n) is 9.21. The van der Waals surface area contributed by atoms with Crippen LogP contribution >= 0.6 is 0 Å². The van der Waals surface area contributed by atoms with Gasteiger partial charge in [-0.3, -0.25) is 4.79 Å². The van der Waals surface area contributed by atoms with E-state index in [0.29, 0.717) is 24.8 Å². The Morgan fingerprint density at radius 2 is 1.51 bits per heavy atom. The number of carbonyl (C=O) groups excluding carboxylic acids is 1. The Bertz CT molecular complexity index is 1130. The fraction of sp³-hybridized carbons (Fsp3) is 0.310. The largest absolute Gasteiger partial charge is 0.481 e. The van der Waals surface area contributed by atoms with Crippen molar-refractivity contribution in [3.8, 4) is 11.1 Å². The number of carboxylic acid groups (broad SMARTS) is 1. The van der Waals surface area contributed by atoms with Gasteiger partial charge in [-0.2, -0.15) is 0 Å². The van der Waals surface area contributed by atoms with Crippen molar-refractivity contribution in [2.45, 2.75) is 49.9 Å². The minimum Gasteiger partial charge on any atom is -0.481 e. The summed E-state index contributed by atoms with van der Waals surface area (Å²) >= 11 is 0. The van der Waals surface area contributed by atoms with Crippen LogP contribution in [-0.4, -0.2) is 39.0 Å². The Morgan fingerprint density at radius 1 is 0.914 bits per heavy atom. The van der Waals surface area contributed by atoms with Gasteiger partial charge in [-0.25, -0.2) is 4.79 Å². The molecule has 1 aliphatic carbocycles. The van der Waals surface area contributed by atoms with Crippen LogP contribution in [0.2, 0.25) is 0 Å². The summed E-state index contributed by atoms with van der Waals surface area (Å²) in [4.78, 5) is 24.4. The molecule has 3 aromatic carbocycles. The van der Waals surface area contributed by atoms with Gasteiger partial charge in [-0.15, -0.1) is 0 Å². The average Bonchev–Trinajstić information content (AvgIpc) is 3.17. The Kier molecular flexibility index (Phi) is 7.63. The van der Waals surface area contributed by atoms with Crippen molar-refractivity contribution >= 4 is 11.9 Å². The molecule has 0 aromatic heterocycles. The number of rotatable bonds is 9. The molecule has 6 nitrogen and oxygen atoms in total. The molecular weight excluding hydrogens is 444 g/mol. The van der Waals surface area contributed by atoms with E-state index in [2.05, 4.69) is 0 Å². The van der Waals surface area contributed by atoms with Crippen molar-refractivity contribution < 1.29 is 29.6 Å². The molecule has 0 heterocycles. The molecule has 0 spiro atoms. The van der Waals surface area contributed by atoms with E-state index in [-0.39, 0.29) is 6.42 Å². The maximum atomic E-state index is 12.9. The third kappa shape index (κ3) is 5.96. The predicted octanol–water partition coefficient (Wildman–Crippen LogP) is 5.01. The van der Waals surface area contributed by atoms with E-state index in [1.807, 2.05) is 72.8 Å². The summed E-state index contributed by atoms with van der Waals surface area (Å²) in [6.45, 7) is 0. The van der Waals surface area contributed by atoms with Gasteiger partial charge in [0.25, 0.3) is 0 Å². The molecule has 1 saturated carbocycles. The number of hydrogen-bond donors (Lipinski definition) is 3. The van der Waals surface area contributed by atoms with Crippen LogP contribution in [0.1, 0.15) is 54.1 Å². The average molecular weight is 475 g/mol. The third-order valence-corrected chi connectivity index (χ3v) is 6.88. The number of esters is 1. The summed E-state index contributed by atoms with van der Waals surface area (Å²) in [5.41, 5.74) is 1.66. The van der Waals surface area contributed by atoms with Crippen LogP contribution in [0, 0.1) is 5.92 Å². The molecule has 4 atom stereocenters. The minimum absolute atomic E-state index is 0.219. The molecule has 3 N–H and O–H groups in total. The number of hydrogen-bond acceptors (Lipinski definition) is 5.